The van der Waals surface area contributed by atoms with Gasteiger partial charge in [-0.1, -0.05) is 13.3 Å². The van der Waals surface area contributed by atoms with E-state index in [1.54, 1.807) is 0 Å². The molecule has 1 aromatic rings. The molecule has 0 saturated heterocycles. The second kappa shape index (κ2) is 5.21. The summed E-state index contributed by atoms with van der Waals surface area (Å²) in [6.45, 7) is 2.12. The minimum Gasteiger partial charge on any atom is -0.477 e. The number of aromatic carboxylic acids is 1. The molecule has 1 fully saturated rings. The van der Waals surface area contributed by atoms with Gasteiger partial charge < -0.3 is 10.4 Å². The Kier molecular flexibility index (Phi) is 3.64. The Bertz CT molecular complexity index is 518. The summed E-state index contributed by atoms with van der Waals surface area (Å²) in [5.41, 5.74) is -0.828. The number of hydrogen-bond acceptors (Lipinski definition) is 5. The lowest BCUT2D eigenvalue weighted by Gasteiger charge is -2.17. The Morgan fingerprint density at radius 3 is 2.84 bits per heavy atom. The molecular weight excluding hydrogens is 250 g/mol. The molecule has 1 saturated carbocycles. The van der Waals surface area contributed by atoms with Crippen molar-refractivity contribution in [3.63, 3.8) is 0 Å². The standard InChI is InChI=1S/C12H15N3O4/c1-7-3-2-4-9(7)14-11-5-8(12(16)17)10(6-13-11)15(18)19/h5-7,9H,2-4H2,1H3,(H,13,14)(H,16,17). The van der Waals surface area contributed by atoms with Gasteiger partial charge in [-0.25, -0.2) is 9.78 Å². The highest BCUT2D eigenvalue weighted by atomic mass is 16.6. The molecule has 0 spiro atoms. The smallest absolute Gasteiger partial charge is 0.342 e. The van der Waals surface area contributed by atoms with Crippen molar-refractivity contribution in [1.82, 2.24) is 4.98 Å². The van der Waals surface area contributed by atoms with Crippen LogP contribution in [0.1, 0.15) is 36.5 Å². The Morgan fingerprint density at radius 2 is 2.32 bits per heavy atom. The predicted octanol–water partition coefficient (Wildman–Crippen LogP) is 2.29. The van der Waals surface area contributed by atoms with Gasteiger partial charge in [0.05, 0.1) is 4.92 Å². The third kappa shape index (κ3) is 2.81. The van der Waals surface area contributed by atoms with Crippen LogP contribution in [-0.2, 0) is 0 Å². The van der Waals surface area contributed by atoms with Crippen molar-refractivity contribution in [2.45, 2.75) is 32.2 Å². The minimum atomic E-state index is -1.32. The quantitative estimate of drug-likeness (QED) is 0.639. The van der Waals surface area contributed by atoms with Gasteiger partial charge in [-0.2, -0.15) is 0 Å². The second-order valence-corrected chi connectivity index (χ2v) is 4.81. The number of anilines is 1. The van der Waals surface area contributed by atoms with Gasteiger partial charge in [-0.15, -0.1) is 0 Å². The molecule has 1 aliphatic rings. The Hall–Kier alpha value is -2.18. The molecular formula is C12H15N3O4. The number of carboxylic acid groups (broad SMARTS) is 1. The number of aromatic nitrogens is 1. The van der Waals surface area contributed by atoms with Crippen molar-refractivity contribution in [1.29, 1.82) is 0 Å². The van der Waals surface area contributed by atoms with Gasteiger partial charge in [0.15, 0.2) is 0 Å². The number of carbonyl (C=O) groups is 1. The van der Waals surface area contributed by atoms with Crippen molar-refractivity contribution in [2.24, 2.45) is 5.92 Å². The molecule has 1 aromatic heterocycles. The summed E-state index contributed by atoms with van der Waals surface area (Å²) in [5, 5.41) is 22.9. The SMILES string of the molecule is CC1CCCC1Nc1cc(C(=O)O)c([N+](=O)[O-])cn1. The Labute approximate surface area is 109 Å². The first-order valence-corrected chi connectivity index (χ1v) is 6.13. The number of hydrogen-bond donors (Lipinski definition) is 2. The molecule has 102 valence electrons. The maximum absolute atomic E-state index is 11.0. The summed E-state index contributed by atoms with van der Waals surface area (Å²) in [6.07, 6.45) is 4.24. The molecule has 2 N–H and O–H groups in total. The van der Waals surface area contributed by atoms with Crippen molar-refractivity contribution in [3.8, 4) is 0 Å². The maximum atomic E-state index is 11.0. The highest BCUT2D eigenvalue weighted by Crippen LogP contribution is 2.28. The summed E-state index contributed by atoms with van der Waals surface area (Å²) < 4.78 is 0. The molecule has 1 heterocycles. The maximum Gasteiger partial charge on any atom is 0.342 e. The minimum absolute atomic E-state index is 0.246. The van der Waals surface area contributed by atoms with E-state index in [1.807, 2.05) is 0 Å². The van der Waals surface area contributed by atoms with E-state index in [0.717, 1.165) is 25.5 Å². The molecule has 2 atom stereocenters. The van der Waals surface area contributed by atoms with Crippen molar-refractivity contribution in [3.05, 3.63) is 27.9 Å². The zero-order valence-corrected chi connectivity index (χ0v) is 10.5. The monoisotopic (exact) mass is 265 g/mol. The lowest BCUT2D eigenvalue weighted by atomic mass is 10.1. The molecule has 0 radical (unpaired) electrons. The Morgan fingerprint density at radius 1 is 1.58 bits per heavy atom. The Balaban J connectivity index is 2.25. The van der Waals surface area contributed by atoms with Crippen molar-refractivity contribution in [2.75, 3.05) is 5.32 Å². The van der Waals surface area contributed by atoms with Crippen LogP contribution in [0.4, 0.5) is 11.5 Å². The highest BCUT2D eigenvalue weighted by Gasteiger charge is 2.25. The molecule has 2 rings (SSSR count). The first-order chi connectivity index (χ1) is 8.99. The summed E-state index contributed by atoms with van der Waals surface area (Å²) in [7, 11) is 0. The zero-order valence-electron chi connectivity index (χ0n) is 10.5. The lowest BCUT2D eigenvalue weighted by Crippen LogP contribution is -2.22. The van der Waals surface area contributed by atoms with E-state index in [2.05, 4.69) is 17.2 Å². The molecule has 0 bridgehead atoms. The van der Waals surface area contributed by atoms with E-state index in [0.29, 0.717) is 11.7 Å². The van der Waals surface area contributed by atoms with Crippen LogP contribution in [0.2, 0.25) is 0 Å². The van der Waals surface area contributed by atoms with Crippen LogP contribution in [0.25, 0.3) is 0 Å². The molecule has 7 nitrogen and oxygen atoms in total. The normalized spacial score (nSPS) is 22.2. The fraction of sp³-hybridized carbons (Fsp3) is 0.500. The predicted molar refractivity (Wildman–Crippen MR) is 68.3 cm³/mol. The largest absolute Gasteiger partial charge is 0.477 e. The fourth-order valence-electron chi connectivity index (χ4n) is 2.39. The van der Waals surface area contributed by atoms with Gasteiger partial charge in [0.1, 0.15) is 17.6 Å². The van der Waals surface area contributed by atoms with E-state index < -0.39 is 16.6 Å². The average molecular weight is 265 g/mol. The van der Waals surface area contributed by atoms with Gasteiger partial charge in [0.25, 0.3) is 0 Å². The molecule has 19 heavy (non-hydrogen) atoms. The summed E-state index contributed by atoms with van der Waals surface area (Å²) in [5.74, 6) is -0.455. The van der Waals surface area contributed by atoms with Crippen LogP contribution in [-0.4, -0.2) is 27.0 Å². The number of nitro groups is 1. The highest BCUT2D eigenvalue weighted by molar-refractivity contribution is 5.93. The third-order valence-electron chi connectivity index (χ3n) is 3.50. The number of pyridine rings is 1. The number of carboxylic acids is 1. The van der Waals surface area contributed by atoms with E-state index in [9.17, 15) is 14.9 Å². The molecule has 7 heteroatoms. The van der Waals surface area contributed by atoms with Crippen LogP contribution in [0.5, 0.6) is 0 Å². The van der Waals surface area contributed by atoms with Gasteiger partial charge in [0, 0.05) is 12.1 Å². The van der Waals surface area contributed by atoms with E-state index in [-0.39, 0.29) is 11.6 Å². The molecule has 2 unspecified atom stereocenters. The van der Waals surface area contributed by atoms with E-state index >= 15 is 0 Å². The van der Waals surface area contributed by atoms with Crippen molar-refractivity contribution < 1.29 is 14.8 Å². The molecule has 0 aliphatic heterocycles. The lowest BCUT2D eigenvalue weighted by molar-refractivity contribution is -0.385. The van der Waals surface area contributed by atoms with E-state index in [1.165, 1.54) is 6.07 Å². The van der Waals surface area contributed by atoms with Crippen LogP contribution in [0.15, 0.2) is 12.3 Å². The first kappa shape index (κ1) is 13.3. The van der Waals surface area contributed by atoms with E-state index in [4.69, 9.17) is 5.11 Å². The van der Waals surface area contributed by atoms with Gasteiger partial charge >= 0.3 is 11.7 Å². The summed E-state index contributed by atoms with van der Waals surface area (Å²) in [6, 6.07) is 1.47. The summed E-state index contributed by atoms with van der Waals surface area (Å²) in [4.78, 5) is 24.9. The number of nitrogens with zero attached hydrogens (tertiary/aromatic N) is 2. The van der Waals surface area contributed by atoms with Crippen molar-refractivity contribution >= 4 is 17.5 Å². The van der Waals surface area contributed by atoms with Crippen LogP contribution in [0.3, 0.4) is 0 Å². The summed E-state index contributed by atoms with van der Waals surface area (Å²) >= 11 is 0. The van der Waals surface area contributed by atoms with Crippen LogP contribution in [0, 0.1) is 16.0 Å². The fourth-order valence-corrected chi connectivity index (χ4v) is 2.39. The average Bonchev–Trinajstić information content (AvgIpc) is 2.74. The van der Waals surface area contributed by atoms with Crippen LogP contribution < -0.4 is 5.32 Å². The van der Waals surface area contributed by atoms with Crippen LogP contribution >= 0.6 is 0 Å². The number of rotatable bonds is 4. The molecule has 1 aliphatic carbocycles. The third-order valence-corrected chi connectivity index (χ3v) is 3.50. The van der Waals surface area contributed by atoms with Gasteiger partial charge in [0.2, 0.25) is 0 Å². The molecule has 0 amide bonds. The van der Waals surface area contributed by atoms with Gasteiger partial charge in [-0.3, -0.25) is 10.1 Å². The first-order valence-electron chi connectivity index (χ1n) is 6.13. The second-order valence-electron chi connectivity index (χ2n) is 4.81. The van der Waals surface area contributed by atoms with Gasteiger partial charge in [-0.05, 0) is 18.8 Å². The topological polar surface area (TPSA) is 105 Å². The zero-order chi connectivity index (χ0) is 14.0. The number of nitrogens with one attached hydrogen (secondary N) is 1. The molecule has 0 aromatic carbocycles.